The molecule has 0 bridgehead atoms. The summed E-state index contributed by atoms with van der Waals surface area (Å²) in [5.41, 5.74) is 7.51. The maximum atomic E-state index is 12.2. The van der Waals surface area contributed by atoms with Gasteiger partial charge in [0.2, 0.25) is 17.7 Å². The summed E-state index contributed by atoms with van der Waals surface area (Å²) < 4.78 is 46.3. The van der Waals surface area contributed by atoms with Gasteiger partial charge in [-0.1, -0.05) is 43.8 Å². The molecule has 3 amide bonds. The number of carbonyl (C=O) groups excluding carboxylic acids is 3. The lowest BCUT2D eigenvalue weighted by atomic mass is 10.1. The minimum absolute atomic E-state index is 0. The fraction of sp³-hybridized carbons (Fsp3) is 0.600. The van der Waals surface area contributed by atoms with Gasteiger partial charge >= 0.3 is 0 Å². The van der Waals surface area contributed by atoms with Gasteiger partial charge in [0, 0.05) is 128 Å². The summed E-state index contributed by atoms with van der Waals surface area (Å²) in [6.07, 6.45) is 0. The van der Waals surface area contributed by atoms with E-state index in [1.165, 1.54) is 11.4 Å². The van der Waals surface area contributed by atoms with Crippen LogP contribution in [-0.4, -0.2) is 144 Å². The molecule has 3 fully saturated rings. The van der Waals surface area contributed by atoms with Crippen molar-refractivity contribution in [3.05, 3.63) is 89.5 Å². The molecule has 6 rings (SSSR count). The number of piperazine rings is 3. The molecular weight excluding hydrogens is 979 g/mol. The molecule has 18 heteroatoms. The minimum Gasteiger partial charge on any atom is -0.368 e. The third kappa shape index (κ3) is 19.6. The lowest BCUT2D eigenvalue weighted by molar-refractivity contribution is -0.129. The molecule has 3 aromatic rings. The zero-order chi connectivity index (χ0) is 53.7. The van der Waals surface area contributed by atoms with Crippen LogP contribution < -0.4 is 24.1 Å². The maximum Gasteiger partial charge on any atom is 0.219 e. The zero-order valence-electron chi connectivity index (χ0n) is 45.9. The van der Waals surface area contributed by atoms with Crippen molar-refractivity contribution < 1.29 is 27.0 Å². The molecule has 2 N–H and O–H groups in total. The highest BCUT2D eigenvalue weighted by Crippen LogP contribution is 2.25. The molecule has 0 saturated carbocycles. The summed E-state index contributed by atoms with van der Waals surface area (Å²) in [6, 6.07) is 25.0. The molecule has 408 valence electrons. The van der Waals surface area contributed by atoms with Crippen molar-refractivity contribution in [1.29, 1.82) is 0 Å². The van der Waals surface area contributed by atoms with E-state index in [0.717, 1.165) is 107 Å². The van der Waals surface area contributed by atoms with Crippen LogP contribution in [0, 0.1) is 0 Å². The topological polar surface area (TPSA) is 158 Å². The Balaban J connectivity index is 0.000000287. The smallest absolute Gasteiger partial charge is 0.219 e. The first-order chi connectivity index (χ1) is 33.5. The van der Waals surface area contributed by atoms with E-state index in [-0.39, 0.29) is 51.5 Å². The minimum atomic E-state index is -1.25. The lowest BCUT2D eigenvalue weighted by Crippen LogP contribution is -2.48. The molecule has 3 heterocycles. The molecule has 0 aromatic heterocycles. The SMILES string of the molecule is C.CC(=O)N1CCN(c2ccc(C(C)=N[S@](=O)C(C)(C)C)cc2)CC1.CC(=O)N1CCN(c2ccc([C@@H](C)N[S@](=O)C(C)(C)C)cc2)CC1.CC(=O)N1CCN(c2ccc([C@H](C)N[S@](=O)C(C)(C)C)cc2)CC1. The van der Waals surface area contributed by atoms with Crippen LogP contribution in [0.3, 0.4) is 0 Å². The van der Waals surface area contributed by atoms with Gasteiger partial charge in [-0.25, -0.2) is 22.1 Å². The largest absolute Gasteiger partial charge is 0.368 e. The Morgan fingerprint density at radius 2 is 0.712 bits per heavy atom. The van der Waals surface area contributed by atoms with Gasteiger partial charge in [0.15, 0.2) is 0 Å². The predicted molar refractivity (Wildman–Crippen MR) is 308 cm³/mol. The number of hydrogen-bond acceptors (Lipinski definition) is 9. The van der Waals surface area contributed by atoms with Gasteiger partial charge in [-0.05, 0) is 136 Å². The second kappa shape index (κ2) is 27.9. The summed E-state index contributed by atoms with van der Waals surface area (Å²) >= 11 is 0. The normalized spacial score (nSPS) is 17.9. The van der Waals surface area contributed by atoms with Gasteiger partial charge in [0.05, 0.1) is 41.9 Å². The Morgan fingerprint density at radius 1 is 0.452 bits per heavy atom. The molecule has 0 unspecified atom stereocenters. The standard InChI is InChI=1S/2C18H29N3O2S.C18H27N3O2S.CH4/c3*1-14(19-24(23)18(3,4)5)16-6-8-17(9-7-16)21-12-10-20(11-13-21)15(2)22;/h2*6-9,14,19H,10-13H2,1-5H3;6-9H,10-13H2,1-5H3;1H4/t14-,24+;14-,24-;24-;/m011./s1. The first-order valence-corrected chi connectivity index (χ1v) is 28.6. The molecule has 3 saturated heterocycles. The Bertz CT molecular complexity index is 2230. The van der Waals surface area contributed by atoms with E-state index in [9.17, 15) is 27.0 Å². The van der Waals surface area contributed by atoms with Crippen LogP contribution in [0.25, 0.3) is 0 Å². The number of anilines is 3. The van der Waals surface area contributed by atoms with Crippen LogP contribution in [0.15, 0.2) is 77.2 Å². The second-order valence-corrected chi connectivity index (χ2v) is 27.6. The zero-order valence-corrected chi connectivity index (χ0v) is 48.3. The number of nitrogens with one attached hydrogen (secondary N) is 2. The van der Waals surface area contributed by atoms with Crippen LogP contribution >= 0.6 is 0 Å². The average molecular weight is 1070 g/mol. The molecule has 0 aliphatic carbocycles. The molecule has 3 aromatic carbocycles. The average Bonchev–Trinajstić information content (AvgIpc) is 3.33. The van der Waals surface area contributed by atoms with E-state index in [2.05, 4.69) is 89.2 Å². The molecular formula is C55H89N9O6S3. The molecule has 15 nitrogen and oxygen atoms in total. The van der Waals surface area contributed by atoms with Gasteiger partial charge in [0.1, 0.15) is 11.0 Å². The van der Waals surface area contributed by atoms with Gasteiger partial charge in [-0.2, -0.15) is 4.40 Å². The summed E-state index contributed by atoms with van der Waals surface area (Å²) in [6.45, 7) is 38.2. The Labute approximate surface area is 447 Å². The lowest BCUT2D eigenvalue weighted by Gasteiger charge is -2.35. The summed E-state index contributed by atoms with van der Waals surface area (Å²) in [5.74, 6) is 0.442. The van der Waals surface area contributed by atoms with Crippen molar-refractivity contribution in [3.8, 4) is 0 Å². The van der Waals surface area contributed by atoms with Crippen LogP contribution in [0.2, 0.25) is 0 Å². The van der Waals surface area contributed by atoms with Gasteiger partial charge in [-0.3, -0.25) is 14.4 Å². The first kappa shape index (κ1) is 62.8. The van der Waals surface area contributed by atoms with Crippen molar-refractivity contribution in [3.63, 3.8) is 0 Å². The molecule has 0 spiro atoms. The van der Waals surface area contributed by atoms with Crippen LogP contribution in [-0.2, 0) is 47.3 Å². The molecule has 3 aliphatic rings. The summed E-state index contributed by atoms with van der Waals surface area (Å²) in [7, 11) is -3.41. The van der Waals surface area contributed by atoms with Crippen molar-refractivity contribution in [2.24, 2.45) is 4.40 Å². The fourth-order valence-electron chi connectivity index (χ4n) is 7.82. The van der Waals surface area contributed by atoms with Gasteiger partial charge < -0.3 is 29.4 Å². The maximum absolute atomic E-state index is 12.2. The Morgan fingerprint density at radius 3 is 0.945 bits per heavy atom. The fourth-order valence-corrected chi connectivity index (χ4v) is 10.1. The van der Waals surface area contributed by atoms with Crippen molar-refractivity contribution in [2.45, 2.75) is 138 Å². The number of hydrogen-bond donors (Lipinski definition) is 2. The van der Waals surface area contributed by atoms with Crippen molar-refractivity contribution >= 4 is 73.5 Å². The predicted octanol–water partition coefficient (Wildman–Crippen LogP) is 8.20. The highest BCUT2D eigenvalue weighted by molar-refractivity contribution is 7.85. The van der Waals surface area contributed by atoms with Gasteiger partial charge in [-0.15, -0.1) is 0 Å². The second-order valence-electron chi connectivity index (χ2n) is 21.7. The summed E-state index contributed by atoms with van der Waals surface area (Å²) in [4.78, 5) is 46.7. The molecule has 5 atom stereocenters. The monoisotopic (exact) mass is 1070 g/mol. The Hall–Kier alpha value is -4.49. The van der Waals surface area contributed by atoms with Crippen LogP contribution in [0.4, 0.5) is 17.1 Å². The van der Waals surface area contributed by atoms with Gasteiger partial charge in [0.25, 0.3) is 0 Å². The number of benzene rings is 3. The van der Waals surface area contributed by atoms with Crippen LogP contribution in [0.5, 0.6) is 0 Å². The molecule has 0 radical (unpaired) electrons. The van der Waals surface area contributed by atoms with E-state index in [1.807, 2.05) is 110 Å². The highest BCUT2D eigenvalue weighted by atomic mass is 32.2. The van der Waals surface area contributed by atoms with E-state index < -0.39 is 33.0 Å². The molecule has 73 heavy (non-hydrogen) atoms. The third-order valence-corrected chi connectivity index (χ3v) is 17.6. The highest BCUT2D eigenvalue weighted by Gasteiger charge is 2.25. The summed E-state index contributed by atoms with van der Waals surface area (Å²) in [5, 5.41) is 0. The van der Waals surface area contributed by atoms with Crippen molar-refractivity contribution in [2.75, 3.05) is 93.2 Å². The van der Waals surface area contributed by atoms with E-state index in [1.54, 1.807) is 20.8 Å². The van der Waals surface area contributed by atoms with E-state index in [4.69, 9.17) is 0 Å². The molecule has 3 aliphatic heterocycles. The van der Waals surface area contributed by atoms with E-state index in [0.29, 0.717) is 0 Å². The number of nitrogens with zero attached hydrogens (tertiary/aromatic N) is 7. The Kier molecular flexibility index (Phi) is 24.0. The number of carbonyl (C=O) groups is 3. The number of amides is 3. The van der Waals surface area contributed by atoms with Crippen LogP contribution in [0.1, 0.15) is 140 Å². The van der Waals surface area contributed by atoms with Crippen molar-refractivity contribution in [1.82, 2.24) is 24.1 Å². The third-order valence-electron chi connectivity index (χ3n) is 12.8. The number of rotatable bonds is 11. The van der Waals surface area contributed by atoms with E-state index >= 15 is 0 Å². The quantitative estimate of drug-likeness (QED) is 0.181. The first-order valence-electron chi connectivity index (χ1n) is 25.2.